The van der Waals surface area contributed by atoms with Gasteiger partial charge in [0.2, 0.25) is 11.8 Å². The summed E-state index contributed by atoms with van der Waals surface area (Å²) in [6.45, 7) is 7.15. The van der Waals surface area contributed by atoms with Gasteiger partial charge < -0.3 is 9.80 Å². The van der Waals surface area contributed by atoms with Crippen LogP contribution in [0.1, 0.15) is 52.4 Å². The molecule has 1 aromatic rings. The Morgan fingerprint density at radius 1 is 0.969 bits per heavy atom. The van der Waals surface area contributed by atoms with Gasteiger partial charge in [0.25, 0.3) is 0 Å². The third kappa shape index (κ3) is 3.37. The molecule has 3 aliphatic heterocycles. The number of benzene rings is 1. The van der Waals surface area contributed by atoms with E-state index in [1.54, 1.807) is 19.2 Å². The number of piperidine rings is 1. The summed E-state index contributed by atoms with van der Waals surface area (Å²) < 4.78 is 13.6. The molecule has 5 rings (SSSR count). The highest BCUT2D eigenvalue weighted by Crippen LogP contribution is 2.52. The maximum absolute atomic E-state index is 13.6. The first-order chi connectivity index (χ1) is 15.3. The van der Waals surface area contributed by atoms with Crippen LogP contribution in [0.2, 0.25) is 0 Å². The van der Waals surface area contributed by atoms with Gasteiger partial charge in [-0.2, -0.15) is 0 Å². The van der Waals surface area contributed by atoms with Crippen LogP contribution < -0.4 is 4.90 Å². The highest BCUT2D eigenvalue weighted by molar-refractivity contribution is 6.07. The van der Waals surface area contributed by atoms with Crippen molar-refractivity contribution in [3.8, 4) is 0 Å². The van der Waals surface area contributed by atoms with Crippen molar-refractivity contribution >= 4 is 17.5 Å². The summed E-state index contributed by atoms with van der Waals surface area (Å²) in [7, 11) is 1.63. The van der Waals surface area contributed by atoms with Crippen LogP contribution >= 0.6 is 0 Å². The average molecular weight is 442 g/mol. The van der Waals surface area contributed by atoms with Gasteiger partial charge in [-0.05, 0) is 74.6 Å². The molecule has 2 amide bonds. The lowest BCUT2D eigenvalue weighted by Crippen LogP contribution is -2.59. The maximum atomic E-state index is 13.6. The summed E-state index contributed by atoms with van der Waals surface area (Å²) in [6, 6.07) is 7.21. The number of anilines is 1. The number of halogens is 1. The number of nitrogens with zero attached hydrogens (tertiary/aromatic N) is 3. The molecule has 4 aliphatic rings. The largest absolute Gasteiger partial charge is 0.364 e. The predicted octanol–water partition coefficient (Wildman–Crippen LogP) is 3.93. The Bertz CT molecular complexity index is 870. The van der Waals surface area contributed by atoms with Crippen molar-refractivity contribution in [1.29, 1.82) is 0 Å². The number of imide groups is 1. The molecule has 1 aliphatic carbocycles. The van der Waals surface area contributed by atoms with E-state index in [0.717, 1.165) is 43.5 Å². The Morgan fingerprint density at radius 3 is 2.19 bits per heavy atom. The third-order valence-corrected chi connectivity index (χ3v) is 9.15. The van der Waals surface area contributed by atoms with E-state index in [2.05, 4.69) is 23.6 Å². The Kier molecular flexibility index (Phi) is 5.55. The molecule has 4 fully saturated rings. The zero-order valence-corrected chi connectivity index (χ0v) is 19.6. The second-order valence-corrected chi connectivity index (χ2v) is 10.9. The Morgan fingerprint density at radius 2 is 1.59 bits per heavy atom. The number of carbonyl (C=O) groups excluding carboxylic acids is 2. The third-order valence-electron chi connectivity index (χ3n) is 9.15. The van der Waals surface area contributed by atoms with Crippen LogP contribution in [0, 0.1) is 29.5 Å². The smallest absolute Gasteiger partial charge is 0.235 e. The molecule has 1 aromatic carbocycles. The first-order valence-electron chi connectivity index (χ1n) is 12.4. The van der Waals surface area contributed by atoms with Gasteiger partial charge in [0, 0.05) is 38.4 Å². The van der Waals surface area contributed by atoms with Gasteiger partial charge in [-0.1, -0.05) is 13.8 Å². The van der Waals surface area contributed by atoms with Gasteiger partial charge in [-0.15, -0.1) is 0 Å². The van der Waals surface area contributed by atoms with E-state index in [1.165, 1.54) is 42.7 Å². The highest BCUT2D eigenvalue weighted by Gasteiger charge is 2.64. The van der Waals surface area contributed by atoms with Crippen molar-refractivity contribution in [2.24, 2.45) is 23.7 Å². The molecule has 2 unspecified atom stereocenters. The second-order valence-electron chi connectivity index (χ2n) is 10.9. The number of carbonyl (C=O) groups is 2. The van der Waals surface area contributed by atoms with Crippen LogP contribution in [0.5, 0.6) is 0 Å². The zero-order chi connectivity index (χ0) is 22.6. The number of rotatable bonds is 3. The Labute approximate surface area is 190 Å². The van der Waals surface area contributed by atoms with Crippen molar-refractivity contribution in [3.63, 3.8) is 0 Å². The van der Waals surface area contributed by atoms with Gasteiger partial charge >= 0.3 is 0 Å². The van der Waals surface area contributed by atoms with Gasteiger partial charge in [0.05, 0.1) is 17.4 Å². The van der Waals surface area contributed by atoms with Gasteiger partial charge in [-0.25, -0.2) is 4.39 Å². The van der Waals surface area contributed by atoms with Crippen LogP contribution in [0.3, 0.4) is 0 Å². The van der Waals surface area contributed by atoms with E-state index < -0.39 is 0 Å². The summed E-state index contributed by atoms with van der Waals surface area (Å²) in [5.41, 5.74) is 0.570. The average Bonchev–Trinajstić information content (AvgIpc) is 3.23. The van der Waals surface area contributed by atoms with E-state index in [0.29, 0.717) is 12.6 Å². The number of fused-ring (bicyclic) bond motifs is 2. The minimum Gasteiger partial charge on any atom is -0.364 e. The lowest BCUT2D eigenvalue weighted by atomic mass is 9.73. The van der Waals surface area contributed by atoms with Crippen molar-refractivity contribution in [3.05, 3.63) is 30.1 Å². The van der Waals surface area contributed by atoms with Gasteiger partial charge in [0.1, 0.15) is 5.82 Å². The summed E-state index contributed by atoms with van der Waals surface area (Å²) in [5, 5.41) is 0. The summed E-state index contributed by atoms with van der Waals surface area (Å²) in [6.07, 6.45) is 6.92. The molecular weight excluding hydrogens is 405 g/mol. The van der Waals surface area contributed by atoms with E-state index in [9.17, 15) is 14.0 Å². The van der Waals surface area contributed by atoms with Crippen molar-refractivity contribution in [2.45, 2.75) is 64.0 Å². The first-order valence-corrected chi connectivity index (χ1v) is 12.4. The molecular formula is C26H36FN3O2. The molecule has 6 heteroatoms. The van der Waals surface area contributed by atoms with Crippen LogP contribution in [0.25, 0.3) is 0 Å². The molecule has 0 bridgehead atoms. The maximum Gasteiger partial charge on any atom is 0.235 e. The summed E-state index contributed by atoms with van der Waals surface area (Å²) in [4.78, 5) is 32.3. The summed E-state index contributed by atoms with van der Waals surface area (Å²) in [5.74, 6) is 0.692. The lowest BCUT2D eigenvalue weighted by Gasteiger charge is -2.50. The molecule has 0 radical (unpaired) electrons. The van der Waals surface area contributed by atoms with Crippen molar-refractivity contribution in [2.75, 3.05) is 31.6 Å². The number of hydrogen-bond acceptors (Lipinski definition) is 4. The van der Waals surface area contributed by atoms with E-state index >= 15 is 0 Å². The number of amides is 2. The Hall–Kier alpha value is -1.95. The molecule has 1 saturated carbocycles. The van der Waals surface area contributed by atoms with E-state index in [4.69, 9.17) is 0 Å². The number of hydrogen-bond donors (Lipinski definition) is 0. The monoisotopic (exact) mass is 441 g/mol. The fourth-order valence-electron chi connectivity index (χ4n) is 7.19. The van der Waals surface area contributed by atoms with Crippen LogP contribution in [0.4, 0.5) is 10.1 Å². The van der Waals surface area contributed by atoms with Crippen LogP contribution in [-0.2, 0) is 9.59 Å². The SMILES string of the molecule is CC(C)C1CCC(N2CCC3(CC2)C2C(=O)N(C)C(=O)C2CN3c2ccc(F)cc2)CC1. The Balaban J connectivity index is 1.37. The van der Waals surface area contributed by atoms with Crippen molar-refractivity contribution < 1.29 is 14.0 Å². The highest BCUT2D eigenvalue weighted by atomic mass is 19.1. The quantitative estimate of drug-likeness (QED) is 0.667. The zero-order valence-electron chi connectivity index (χ0n) is 19.6. The second kappa shape index (κ2) is 8.12. The molecule has 3 saturated heterocycles. The molecule has 3 heterocycles. The topological polar surface area (TPSA) is 43.9 Å². The fraction of sp³-hybridized carbons (Fsp3) is 0.692. The van der Waals surface area contributed by atoms with E-state index in [1.807, 2.05) is 0 Å². The molecule has 0 N–H and O–H groups in total. The lowest BCUT2D eigenvalue weighted by molar-refractivity contribution is -0.139. The minimum atomic E-state index is -0.356. The first kappa shape index (κ1) is 21.9. The molecule has 0 aromatic heterocycles. The van der Waals surface area contributed by atoms with Crippen LogP contribution in [0.15, 0.2) is 24.3 Å². The predicted molar refractivity (Wildman–Crippen MR) is 123 cm³/mol. The number of likely N-dealkylation sites (tertiary alicyclic amines) is 2. The molecule has 1 spiro atoms. The fourth-order valence-corrected chi connectivity index (χ4v) is 7.19. The minimum absolute atomic E-state index is 0.0319. The molecule has 174 valence electrons. The van der Waals surface area contributed by atoms with Gasteiger partial charge in [-0.3, -0.25) is 14.5 Å². The van der Waals surface area contributed by atoms with Gasteiger partial charge in [0.15, 0.2) is 0 Å². The van der Waals surface area contributed by atoms with E-state index in [-0.39, 0.29) is 35.0 Å². The molecule has 2 atom stereocenters. The van der Waals surface area contributed by atoms with Crippen molar-refractivity contribution in [1.82, 2.24) is 9.80 Å². The van der Waals surface area contributed by atoms with Crippen LogP contribution in [-0.4, -0.2) is 59.9 Å². The normalized spacial score (nSPS) is 32.9. The standard InChI is InChI=1S/C26H36FN3O2/c1-17(2)18-4-8-20(9-5-18)29-14-12-26(13-15-29)23-22(24(31)28(3)25(23)32)16-30(26)21-10-6-19(27)7-11-21/h6-7,10-11,17-18,20,22-23H,4-5,8-9,12-16H2,1-3H3. The molecule has 32 heavy (non-hydrogen) atoms. The molecule has 5 nitrogen and oxygen atoms in total. The summed E-state index contributed by atoms with van der Waals surface area (Å²) >= 11 is 0.